The molecular formula is C12H17Cl2NO. The zero-order valence-corrected chi connectivity index (χ0v) is 11.3. The summed E-state index contributed by atoms with van der Waals surface area (Å²) in [6.45, 7) is 8.20. The fourth-order valence-electron chi connectivity index (χ4n) is 1.84. The summed E-state index contributed by atoms with van der Waals surface area (Å²) in [6.07, 6.45) is 0. The van der Waals surface area contributed by atoms with Crippen molar-refractivity contribution in [3.63, 3.8) is 0 Å². The van der Waals surface area contributed by atoms with Crippen molar-refractivity contribution < 1.29 is 5.11 Å². The van der Waals surface area contributed by atoms with Crippen LogP contribution in [0.5, 0.6) is 5.75 Å². The highest BCUT2D eigenvalue weighted by Gasteiger charge is 2.18. The highest BCUT2D eigenvalue weighted by Crippen LogP contribution is 2.37. The molecule has 1 atom stereocenters. The van der Waals surface area contributed by atoms with Crippen LogP contribution in [0.3, 0.4) is 0 Å². The minimum Gasteiger partial charge on any atom is -0.506 e. The number of phenols is 1. The van der Waals surface area contributed by atoms with Gasteiger partial charge in [0.15, 0.2) is 0 Å². The first-order valence-electron chi connectivity index (χ1n) is 5.43. The van der Waals surface area contributed by atoms with Gasteiger partial charge in [0.1, 0.15) is 10.8 Å². The van der Waals surface area contributed by atoms with Crippen LogP contribution < -0.4 is 0 Å². The first kappa shape index (κ1) is 13.6. The van der Waals surface area contributed by atoms with E-state index in [1.54, 1.807) is 6.07 Å². The van der Waals surface area contributed by atoms with Gasteiger partial charge in [-0.15, -0.1) is 0 Å². The maximum absolute atomic E-state index is 9.43. The molecule has 0 saturated heterocycles. The van der Waals surface area contributed by atoms with Gasteiger partial charge < -0.3 is 5.11 Å². The van der Waals surface area contributed by atoms with Gasteiger partial charge in [0.25, 0.3) is 0 Å². The van der Waals surface area contributed by atoms with Gasteiger partial charge in [0, 0.05) is 6.04 Å². The summed E-state index contributed by atoms with van der Waals surface area (Å²) in [6, 6.07) is 3.61. The Balaban J connectivity index is 3.09. The monoisotopic (exact) mass is 261 g/mol. The Morgan fingerprint density at radius 1 is 1.19 bits per heavy atom. The molecule has 90 valence electrons. The lowest BCUT2D eigenvalue weighted by Gasteiger charge is -2.27. The molecule has 0 aliphatic carbocycles. The highest BCUT2D eigenvalue weighted by molar-refractivity contribution is 6.43. The van der Waals surface area contributed by atoms with E-state index in [4.69, 9.17) is 23.2 Å². The summed E-state index contributed by atoms with van der Waals surface area (Å²) in [5.41, 5.74) is 0.952. The van der Waals surface area contributed by atoms with Crippen molar-refractivity contribution in [2.45, 2.75) is 26.8 Å². The van der Waals surface area contributed by atoms with Gasteiger partial charge >= 0.3 is 0 Å². The van der Waals surface area contributed by atoms with Crippen LogP contribution in [-0.4, -0.2) is 23.1 Å². The van der Waals surface area contributed by atoms with Crippen LogP contribution in [-0.2, 0) is 0 Å². The van der Waals surface area contributed by atoms with Crippen molar-refractivity contribution in [2.24, 2.45) is 0 Å². The number of hydrogen-bond donors (Lipinski definition) is 1. The second-order valence-corrected chi connectivity index (χ2v) is 4.45. The fraction of sp³-hybridized carbons (Fsp3) is 0.500. The van der Waals surface area contributed by atoms with Crippen molar-refractivity contribution in [3.05, 3.63) is 27.7 Å². The van der Waals surface area contributed by atoms with Crippen LogP contribution in [0.2, 0.25) is 10.0 Å². The van der Waals surface area contributed by atoms with E-state index in [1.165, 1.54) is 0 Å². The molecule has 1 unspecified atom stereocenters. The van der Waals surface area contributed by atoms with Crippen molar-refractivity contribution in [1.82, 2.24) is 4.90 Å². The SMILES string of the molecule is CCN(CC)C(C)c1ccc(O)c(Cl)c1Cl. The smallest absolute Gasteiger partial charge is 0.135 e. The predicted molar refractivity (Wildman–Crippen MR) is 69.5 cm³/mol. The average molecular weight is 262 g/mol. The van der Waals surface area contributed by atoms with Crippen LogP contribution in [0.1, 0.15) is 32.4 Å². The molecule has 0 amide bonds. The van der Waals surface area contributed by atoms with Gasteiger partial charge in [-0.05, 0) is 31.6 Å². The van der Waals surface area contributed by atoms with E-state index < -0.39 is 0 Å². The van der Waals surface area contributed by atoms with Crippen LogP contribution in [0.15, 0.2) is 12.1 Å². The highest BCUT2D eigenvalue weighted by atomic mass is 35.5. The maximum atomic E-state index is 9.43. The first-order chi connectivity index (χ1) is 7.52. The number of aromatic hydroxyl groups is 1. The van der Waals surface area contributed by atoms with E-state index in [1.807, 2.05) is 6.07 Å². The Hall–Kier alpha value is -0.440. The Labute approximate surface area is 107 Å². The van der Waals surface area contributed by atoms with Gasteiger partial charge in [0.05, 0.1) is 5.02 Å². The molecule has 0 heterocycles. The first-order valence-corrected chi connectivity index (χ1v) is 6.19. The van der Waals surface area contributed by atoms with E-state index in [-0.39, 0.29) is 16.8 Å². The quantitative estimate of drug-likeness (QED) is 0.882. The van der Waals surface area contributed by atoms with Crippen LogP contribution in [0.25, 0.3) is 0 Å². The molecule has 0 bridgehead atoms. The average Bonchev–Trinajstić information content (AvgIpc) is 2.27. The number of phenolic OH excluding ortho intramolecular Hbond substituents is 1. The molecule has 0 radical (unpaired) electrons. The van der Waals surface area contributed by atoms with E-state index >= 15 is 0 Å². The van der Waals surface area contributed by atoms with Crippen LogP contribution >= 0.6 is 23.2 Å². The molecule has 0 aliphatic heterocycles. The second kappa shape index (κ2) is 5.76. The summed E-state index contributed by atoms with van der Waals surface area (Å²) in [7, 11) is 0. The Bertz CT molecular complexity index is 364. The number of benzene rings is 1. The summed E-state index contributed by atoms with van der Waals surface area (Å²) < 4.78 is 0. The molecule has 0 aliphatic rings. The third-order valence-electron chi connectivity index (χ3n) is 2.90. The zero-order valence-electron chi connectivity index (χ0n) is 9.80. The zero-order chi connectivity index (χ0) is 12.3. The molecule has 4 heteroatoms. The fourth-order valence-corrected chi connectivity index (χ4v) is 2.33. The van der Waals surface area contributed by atoms with Crippen molar-refractivity contribution >= 4 is 23.2 Å². The minimum atomic E-state index is 0.0298. The van der Waals surface area contributed by atoms with Crippen molar-refractivity contribution in [2.75, 3.05) is 13.1 Å². The van der Waals surface area contributed by atoms with Gasteiger partial charge in [-0.1, -0.05) is 43.1 Å². The lowest BCUT2D eigenvalue weighted by atomic mass is 10.1. The molecular weight excluding hydrogens is 245 g/mol. The predicted octanol–water partition coefficient (Wildman–Crippen LogP) is 4.10. The Morgan fingerprint density at radius 2 is 1.75 bits per heavy atom. The Morgan fingerprint density at radius 3 is 2.25 bits per heavy atom. The molecule has 0 aromatic heterocycles. The number of halogens is 2. The maximum Gasteiger partial charge on any atom is 0.135 e. The molecule has 0 fully saturated rings. The largest absolute Gasteiger partial charge is 0.506 e. The van der Waals surface area contributed by atoms with E-state index in [2.05, 4.69) is 25.7 Å². The lowest BCUT2D eigenvalue weighted by molar-refractivity contribution is 0.234. The standard InChI is InChI=1S/C12H17Cl2NO/c1-4-15(5-2)8(3)9-6-7-10(16)12(14)11(9)13/h6-8,16H,4-5H2,1-3H3. The molecule has 1 N–H and O–H groups in total. The van der Waals surface area contributed by atoms with Crippen LogP contribution in [0.4, 0.5) is 0 Å². The molecule has 0 spiro atoms. The minimum absolute atomic E-state index is 0.0298. The topological polar surface area (TPSA) is 23.5 Å². The normalized spacial score (nSPS) is 13.1. The molecule has 1 aromatic rings. The molecule has 1 aromatic carbocycles. The molecule has 16 heavy (non-hydrogen) atoms. The van der Waals surface area contributed by atoms with E-state index in [0.29, 0.717) is 5.02 Å². The van der Waals surface area contributed by atoms with Crippen molar-refractivity contribution in [3.8, 4) is 5.75 Å². The van der Waals surface area contributed by atoms with Gasteiger partial charge in [0.2, 0.25) is 0 Å². The van der Waals surface area contributed by atoms with Gasteiger partial charge in [-0.25, -0.2) is 0 Å². The van der Waals surface area contributed by atoms with Crippen molar-refractivity contribution in [1.29, 1.82) is 0 Å². The van der Waals surface area contributed by atoms with Gasteiger partial charge in [-0.2, -0.15) is 0 Å². The molecule has 1 rings (SSSR count). The summed E-state index contributed by atoms with van der Waals surface area (Å²) in [5.74, 6) is 0.0298. The molecule has 0 saturated carbocycles. The summed E-state index contributed by atoms with van der Waals surface area (Å²) in [4.78, 5) is 2.27. The number of hydrogen-bond acceptors (Lipinski definition) is 2. The van der Waals surface area contributed by atoms with E-state index in [0.717, 1.165) is 18.7 Å². The number of rotatable bonds is 4. The summed E-state index contributed by atoms with van der Waals surface area (Å²) in [5, 5.41) is 10.1. The molecule has 2 nitrogen and oxygen atoms in total. The van der Waals surface area contributed by atoms with E-state index in [9.17, 15) is 5.11 Å². The third kappa shape index (κ3) is 2.62. The van der Waals surface area contributed by atoms with Gasteiger partial charge in [-0.3, -0.25) is 4.90 Å². The summed E-state index contributed by atoms with van der Waals surface area (Å²) >= 11 is 12.1. The third-order valence-corrected chi connectivity index (χ3v) is 3.79. The second-order valence-electron chi connectivity index (χ2n) is 3.70. The lowest BCUT2D eigenvalue weighted by Crippen LogP contribution is -2.26. The number of nitrogens with zero attached hydrogens (tertiary/aromatic N) is 1. The van der Waals surface area contributed by atoms with Crippen LogP contribution in [0, 0.1) is 0 Å². The Kier molecular flexibility index (Phi) is 4.90.